The van der Waals surface area contributed by atoms with E-state index in [1.807, 2.05) is 0 Å². The van der Waals surface area contributed by atoms with E-state index in [1.165, 1.54) is 0 Å². The molecule has 4 rings (SSSR count). The van der Waals surface area contributed by atoms with Crippen LogP contribution in [0.3, 0.4) is 0 Å². The van der Waals surface area contributed by atoms with Crippen LogP contribution in [0.15, 0.2) is 97.1 Å². The van der Waals surface area contributed by atoms with Gasteiger partial charge in [-0.3, -0.25) is 0 Å². The van der Waals surface area contributed by atoms with E-state index >= 15 is 0 Å². The van der Waals surface area contributed by atoms with Crippen LogP contribution in [0.1, 0.15) is 22.3 Å². The molecule has 0 aliphatic rings. The van der Waals surface area contributed by atoms with Gasteiger partial charge in [0.15, 0.2) is 0 Å². The molecule has 0 amide bonds. The molecule has 0 aliphatic heterocycles. The molecule has 0 heterocycles. The van der Waals surface area contributed by atoms with Crippen molar-refractivity contribution in [1.82, 2.24) is 0 Å². The summed E-state index contributed by atoms with van der Waals surface area (Å²) in [6.07, 6.45) is -18.7. The van der Waals surface area contributed by atoms with Crippen molar-refractivity contribution < 1.29 is 54.2 Å². The second kappa shape index (κ2) is 12.5. The van der Waals surface area contributed by atoms with E-state index in [0.717, 1.165) is 97.1 Å². The van der Waals surface area contributed by atoms with E-state index < -0.39 is 86.9 Å². The first-order chi connectivity index (χ1) is 19.8. The van der Waals surface area contributed by atoms with Gasteiger partial charge in [0, 0.05) is 0 Å². The molecule has 0 saturated heterocycles. The van der Waals surface area contributed by atoms with Crippen molar-refractivity contribution >= 4 is 54.4 Å². The van der Waals surface area contributed by atoms with Gasteiger partial charge in [0.2, 0.25) is 0 Å². The number of benzene rings is 4. The van der Waals surface area contributed by atoms with Gasteiger partial charge < -0.3 is 0 Å². The molecule has 0 spiro atoms. The molecule has 0 N–H and O–H groups in total. The van der Waals surface area contributed by atoms with Gasteiger partial charge >= 0.3 is 253 Å². The quantitative estimate of drug-likeness (QED) is 0.155. The molecule has 43 heavy (non-hydrogen) atoms. The average Bonchev–Trinajstić information content (AvgIpc) is 2.92. The summed E-state index contributed by atoms with van der Waals surface area (Å²) in [5.74, 6) is 0. The zero-order valence-corrected chi connectivity index (χ0v) is 25.7. The van der Waals surface area contributed by atoms with E-state index in [-0.39, 0.29) is 14.4 Å². The van der Waals surface area contributed by atoms with Crippen molar-refractivity contribution in [2.75, 3.05) is 0 Å². The van der Waals surface area contributed by atoms with Gasteiger partial charge in [-0.2, -0.15) is 0 Å². The Hall–Kier alpha value is -2.42. The summed E-state index contributed by atoms with van der Waals surface area (Å²) in [6.45, 7) is 0. The molecule has 4 aromatic carbocycles. The predicted molar refractivity (Wildman–Crippen MR) is 137 cm³/mol. The predicted octanol–water partition coefficient (Wildman–Crippen LogP) is 6.69. The van der Waals surface area contributed by atoms with Crippen molar-refractivity contribution in [2.24, 2.45) is 0 Å². The van der Waals surface area contributed by atoms with E-state index in [1.54, 1.807) is 0 Å². The molecule has 1 nitrogen and oxygen atoms in total. The Bertz CT molecular complexity index is 1270. The molecule has 0 bridgehead atoms. The summed E-state index contributed by atoms with van der Waals surface area (Å²) < 4.78 is 166. The van der Waals surface area contributed by atoms with Gasteiger partial charge in [-0.15, -0.1) is 0 Å². The summed E-state index contributed by atoms with van der Waals surface area (Å²) in [4.78, 5) is 0. The van der Waals surface area contributed by atoms with Crippen LogP contribution in [0.25, 0.3) is 0 Å². The number of alkyl halides is 12. The van der Waals surface area contributed by atoms with Gasteiger partial charge in [-0.05, 0) is 0 Å². The van der Waals surface area contributed by atoms with E-state index in [4.69, 9.17) is 1.47 Å². The van der Waals surface area contributed by atoms with E-state index in [9.17, 15) is 52.7 Å². The van der Waals surface area contributed by atoms with Crippen LogP contribution >= 0.6 is 0 Å². The van der Waals surface area contributed by atoms with Crippen LogP contribution in [0.5, 0.6) is 0 Å². The van der Waals surface area contributed by atoms with Crippen molar-refractivity contribution in [3.8, 4) is 0 Å². The first kappa shape index (κ1) is 33.5. The molecule has 0 atom stereocenters. The molecular formula is C28H16F12OTe2+2. The molecule has 0 saturated carbocycles. The zero-order valence-electron chi connectivity index (χ0n) is 21.0. The average molecular weight is 852 g/mol. The monoisotopic (exact) mass is 856 g/mol. The summed E-state index contributed by atoms with van der Waals surface area (Å²) in [5, 5.41) is 0. The van der Waals surface area contributed by atoms with Crippen molar-refractivity contribution in [2.45, 2.75) is 24.7 Å². The Balaban J connectivity index is 1.84. The summed E-state index contributed by atoms with van der Waals surface area (Å²) in [7, 11) is 0. The first-order valence-corrected chi connectivity index (χ1v) is 18.3. The molecule has 0 fully saturated rings. The number of halogens is 12. The van der Waals surface area contributed by atoms with Crippen LogP contribution in [-0.2, 0) is 26.2 Å². The number of rotatable bonds is 6. The SMILES string of the molecule is FC(F)(F)c1ccc([Te+](O[Te+](c2ccc(C(F)(F)F)cc2)c2ccc(C(F)(F)F)cc2)c2ccc(C(F)(F)F)cc2)cc1. The van der Waals surface area contributed by atoms with Crippen molar-refractivity contribution in [3.05, 3.63) is 119 Å². The minimum atomic E-state index is -4.69. The maximum atomic E-state index is 13.2. The Morgan fingerprint density at radius 2 is 0.465 bits per heavy atom. The molecule has 0 unspecified atom stereocenters. The molecule has 0 aliphatic carbocycles. The van der Waals surface area contributed by atoms with Gasteiger partial charge in [0.05, 0.1) is 0 Å². The van der Waals surface area contributed by atoms with Gasteiger partial charge in [0.25, 0.3) is 0 Å². The minimum absolute atomic E-state index is 0.237. The second-order valence-electron chi connectivity index (χ2n) is 8.69. The van der Waals surface area contributed by atoms with Crippen LogP contribution in [0.4, 0.5) is 52.7 Å². The molecular weight excluding hydrogens is 835 g/mol. The molecule has 15 heteroatoms. The topological polar surface area (TPSA) is 9.23 Å². The van der Waals surface area contributed by atoms with Crippen LogP contribution in [-0.4, -0.2) is 39.9 Å². The number of hydrogen-bond donors (Lipinski definition) is 0. The standard InChI is InChI=1S/C28H16F12OTe2/c29-25(30,31)17-1-9-21(10-2-17)42(22-11-3-18(4-12-22)26(32,33)34)41-43(23-13-5-19(6-14-23)27(35,36)37)24-15-7-20(8-16-24)28(38,39)40/h1-16H/q+2. The Labute approximate surface area is 251 Å². The zero-order chi connectivity index (χ0) is 31.8. The van der Waals surface area contributed by atoms with Gasteiger partial charge in [-0.25, -0.2) is 0 Å². The van der Waals surface area contributed by atoms with Crippen molar-refractivity contribution in [3.63, 3.8) is 0 Å². The molecule has 0 aromatic heterocycles. The Morgan fingerprint density at radius 1 is 0.302 bits per heavy atom. The van der Waals surface area contributed by atoms with E-state index in [2.05, 4.69) is 0 Å². The third-order valence-corrected chi connectivity index (χ3v) is 19.7. The summed E-state index contributed by atoms with van der Waals surface area (Å²) in [5.41, 5.74) is -3.99. The van der Waals surface area contributed by atoms with Gasteiger partial charge in [-0.1, -0.05) is 0 Å². The summed E-state index contributed by atoms with van der Waals surface area (Å²) >= 11 is -7.22. The van der Waals surface area contributed by atoms with Crippen LogP contribution in [0, 0.1) is 0 Å². The molecule has 4 aromatic rings. The third kappa shape index (κ3) is 8.40. The third-order valence-electron chi connectivity index (χ3n) is 5.72. The number of hydrogen-bond acceptors (Lipinski definition) is 1. The Morgan fingerprint density at radius 3 is 0.605 bits per heavy atom. The Kier molecular flexibility index (Phi) is 9.75. The van der Waals surface area contributed by atoms with Crippen molar-refractivity contribution in [1.29, 1.82) is 0 Å². The second-order valence-corrected chi connectivity index (χ2v) is 20.1. The fraction of sp³-hybridized carbons (Fsp3) is 0.143. The molecule has 0 radical (unpaired) electrons. The first-order valence-electron chi connectivity index (χ1n) is 11.7. The normalized spacial score (nSPS) is 13.2. The fourth-order valence-corrected chi connectivity index (χ4v) is 19.4. The maximum absolute atomic E-state index is 13.2. The summed E-state index contributed by atoms with van der Waals surface area (Å²) in [6, 6.07) is 15.1. The molecule has 228 valence electrons. The fourth-order valence-electron chi connectivity index (χ4n) is 3.57. The van der Waals surface area contributed by atoms with Crippen LogP contribution in [0.2, 0.25) is 0 Å². The van der Waals surface area contributed by atoms with Crippen LogP contribution < -0.4 is 14.4 Å². The van der Waals surface area contributed by atoms with E-state index in [0.29, 0.717) is 0 Å². The van der Waals surface area contributed by atoms with Gasteiger partial charge in [0.1, 0.15) is 0 Å².